The summed E-state index contributed by atoms with van der Waals surface area (Å²) in [5.41, 5.74) is 8.73. The van der Waals surface area contributed by atoms with E-state index in [4.69, 9.17) is 38.4 Å². The van der Waals surface area contributed by atoms with Gasteiger partial charge in [0.25, 0.3) is 0 Å². The van der Waals surface area contributed by atoms with Crippen molar-refractivity contribution in [2.24, 2.45) is 0 Å². The van der Waals surface area contributed by atoms with Crippen LogP contribution >= 0.6 is 23.2 Å². The van der Waals surface area contributed by atoms with E-state index >= 15 is 0 Å². The molecule has 0 aliphatic heterocycles. The van der Waals surface area contributed by atoms with Crippen molar-refractivity contribution >= 4 is 34.9 Å². The minimum Gasteiger partial charge on any atom is -0.454 e. The Labute approximate surface area is 157 Å². The summed E-state index contributed by atoms with van der Waals surface area (Å²) in [5.74, 6) is 1.24. The number of benzene rings is 2. The number of aryl methyl sites for hydroxylation is 1. The number of ether oxygens (including phenoxy) is 2. The van der Waals surface area contributed by atoms with Crippen LogP contribution in [0.4, 0.5) is 5.69 Å². The lowest BCUT2D eigenvalue weighted by molar-refractivity contribution is -0.132. The number of nitrogens with two attached hydrogens (primary N) is 1. The average Bonchev–Trinajstić information content (AvgIpc) is 2.51. The smallest absolute Gasteiger partial charge is 0.308 e. The van der Waals surface area contributed by atoms with Crippen molar-refractivity contribution in [3.63, 3.8) is 0 Å². The standard InChI is InChI=1S/C19H21Cl2NO3/c1-9(2)14-7-13(6-10(3)18(14)24-12(5)23)25-19-15(20)8-16(22)11(4)17(19)21/h6-9H,22H2,1-5H3. The number of anilines is 1. The molecule has 134 valence electrons. The van der Waals surface area contributed by atoms with Crippen molar-refractivity contribution in [2.75, 3.05) is 5.73 Å². The number of hydrogen-bond acceptors (Lipinski definition) is 4. The molecule has 0 radical (unpaired) electrons. The van der Waals surface area contributed by atoms with Crippen molar-refractivity contribution in [1.82, 2.24) is 0 Å². The second-order valence-corrected chi connectivity index (χ2v) is 7.01. The first kappa shape index (κ1) is 19.4. The Hall–Kier alpha value is -1.91. The highest BCUT2D eigenvalue weighted by Crippen LogP contribution is 2.43. The van der Waals surface area contributed by atoms with Gasteiger partial charge in [0.05, 0.1) is 10.0 Å². The molecule has 0 unspecified atom stereocenters. The van der Waals surface area contributed by atoms with Gasteiger partial charge in [0, 0.05) is 18.2 Å². The summed E-state index contributed by atoms with van der Waals surface area (Å²) in [4.78, 5) is 11.4. The van der Waals surface area contributed by atoms with E-state index in [9.17, 15) is 4.79 Å². The third-order valence-electron chi connectivity index (χ3n) is 3.83. The molecule has 0 saturated heterocycles. The van der Waals surface area contributed by atoms with Gasteiger partial charge in [0.1, 0.15) is 11.5 Å². The zero-order valence-electron chi connectivity index (χ0n) is 14.9. The molecule has 6 heteroatoms. The van der Waals surface area contributed by atoms with Crippen LogP contribution < -0.4 is 15.2 Å². The van der Waals surface area contributed by atoms with E-state index < -0.39 is 0 Å². The molecular weight excluding hydrogens is 361 g/mol. The Balaban J connectivity index is 2.52. The van der Waals surface area contributed by atoms with Crippen LogP contribution in [0.1, 0.15) is 43.4 Å². The zero-order valence-corrected chi connectivity index (χ0v) is 16.4. The number of esters is 1. The van der Waals surface area contributed by atoms with Crippen LogP contribution in [-0.2, 0) is 4.79 Å². The van der Waals surface area contributed by atoms with E-state index in [2.05, 4.69) is 0 Å². The normalized spacial score (nSPS) is 10.9. The molecule has 4 nitrogen and oxygen atoms in total. The predicted octanol–water partition coefficient (Wildman–Crippen LogP) is 6.03. The SMILES string of the molecule is CC(=O)Oc1c(C)cc(Oc2c(Cl)cc(N)c(C)c2Cl)cc1C(C)C. The molecule has 0 aliphatic rings. The van der Waals surface area contributed by atoms with Crippen LogP contribution in [0.15, 0.2) is 18.2 Å². The average molecular weight is 382 g/mol. The van der Waals surface area contributed by atoms with E-state index in [1.807, 2.05) is 26.8 Å². The Bertz CT molecular complexity index is 832. The zero-order chi connectivity index (χ0) is 18.9. The molecule has 0 saturated carbocycles. The lowest BCUT2D eigenvalue weighted by Crippen LogP contribution is -2.07. The minimum absolute atomic E-state index is 0.135. The number of carbonyl (C=O) groups excluding carboxylic acids is 1. The predicted molar refractivity (Wildman–Crippen MR) is 102 cm³/mol. The molecule has 2 aromatic carbocycles. The first-order valence-electron chi connectivity index (χ1n) is 7.86. The molecule has 2 rings (SSSR count). The molecule has 0 amide bonds. The summed E-state index contributed by atoms with van der Waals surface area (Å²) < 4.78 is 11.3. The molecule has 25 heavy (non-hydrogen) atoms. The summed E-state index contributed by atoms with van der Waals surface area (Å²) in [7, 11) is 0. The van der Waals surface area contributed by atoms with Gasteiger partial charge in [-0.15, -0.1) is 0 Å². The lowest BCUT2D eigenvalue weighted by Gasteiger charge is -2.18. The monoisotopic (exact) mass is 381 g/mol. The van der Waals surface area contributed by atoms with Crippen molar-refractivity contribution < 1.29 is 14.3 Å². The third-order valence-corrected chi connectivity index (χ3v) is 4.56. The summed E-state index contributed by atoms with van der Waals surface area (Å²) in [5, 5.41) is 0.707. The molecule has 2 N–H and O–H groups in total. The third kappa shape index (κ3) is 4.20. The van der Waals surface area contributed by atoms with Gasteiger partial charge < -0.3 is 15.2 Å². The van der Waals surface area contributed by atoms with Crippen LogP contribution in [0.3, 0.4) is 0 Å². The number of nitrogen functional groups attached to an aromatic ring is 1. The maximum absolute atomic E-state index is 11.4. The molecule has 0 atom stereocenters. The number of halogens is 2. The van der Waals surface area contributed by atoms with E-state index in [0.29, 0.717) is 38.5 Å². The molecule has 0 spiro atoms. The van der Waals surface area contributed by atoms with Gasteiger partial charge in [-0.25, -0.2) is 0 Å². The van der Waals surface area contributed by atoms with Gasteiger partial charge in [-0.3, -0.25) is 4.79 Å². The topological polar surface area (TPSA) is 61.5 Å². The van der Waals surface area contributed by atoms with Crippen LogP contribution in [0.5, 0.6) is 17.2 Å². The van der Waals surface area contributed by atoms with E-state index in [1.54, 1.807) is 19.1 Å². The fourth-order valence-corrected chi connectivity index (χ4v) is 3.01. The summed E-state index contributed by atoms with van der Waals surface area (Å²) in [6, 6.07) is 5.22. The van der Waals surface area contributed by atoms with Crippen LogP contribution in [0, 0.1) is 13.8 Å². The Morgan fingerprint density at radius 1 is 1.12 bits per heavy atom. The quantitative estimate of drug-likeness (QED) is 0.398. The van der Waals surface area contributed by atoms with Crippen LogP contribution in [0.2, 0.25) is 10.0 Å². The first-order valence-corrected chi connectivity index (χ1v) is 8.62. The molecule has 2 aromatic rings. The molecular formula is C19H21Cl2NO3. The molecule has 0 heterocycles. The van der Waals surface area contributed by atoms with Crippen molar-refractivity contribution in [3.8, 4) is 17.2 Å². The van der Waals surface area contributed by atoms with Gasteiger partial charge in [-0.2, -0.15) is 0 Å². The fourth-order valence-electron chi connectivity index (χ4n) is 2.46. The highest BCUT2D eigenvalue weighted by atomic mass is 35.5. The molecule has 0 bridgehead atoms. The lowest BCUT2D eigenvalue weighted by atomic mass is 9.99. The van der Waals surface area contributed by atoms with Crippen molar-refractivity contribution in [1.29, 1.82) is 0 Å². The molecule has 0 aromatic heterocycles. The van der Waals surface area contributed by atoms with E-state index in [0.717, 1.165) is 11.1 Å². The van der Waals surface area contributed by atoms with Gasteiger partial charge in [-0.1, -0.05) is 37.0 Å². The van der Waals surface area contributed by atoms with E-state index in [1.165, 1.54) is 6.92 Å². The van der Waals surface area contributed by atoms with Gasteiger partial charge in [0.15, 0.2) is 5.75 Å². The van der Waals surface area contributed by atoms with Crippen molar-refractivity contribution in [3.05, 3.63) is 44.9 Å². The van der Waals surface area contributed by atoms with Gasteiger partial charge >= 0.3 is 5.97 Å². The van der Waals surface area contributed by atoms with Gasteiger partial charge in [0.2, 0.25) is 0 Å². The first-order chi connectivity index (χ1) is 11.6. The second kappa shape index (κ2) is 7.54. The Morgan fingerprint density at radius 3 is 2.32 bits per heavy atom. The molecule has 0 fully saturated rings. The summed E-state index contributed by atoms with van der Waals surface area (Å²) in [6.45, 7) is 9.06. The Morgan fingerprint density at radius 2 is 1.76 bits per heavy atom. The fraction of sp³-hybridized carbons (Fsp3) is 0.316. The van der Waals surface area contributed by atoms with Gasteiger partial charge in [-0.05, 0) is 49.1 Å². The second-order valence-electron chi connectivity index (χ2n) is 6.22. The maximum atomic E-state index is 11.4. The summed E-state index contributed by atoms with van der Waals surface area (Å²) in [6.07, 6.45) is 0. The summed E-state index contributed by atoms with van der Waals surface area (Å²) >= 11 is 12.6. The highest BCUT2D eigenvalue weighted by molar-refractivity contribution is 6.38. The van der Waals surface area contributed by atoms with Crippen LogP contribution in [-0.4, -0.2) is 5.97 Å². The Kier molecular flexibility index (Phi) is 5.86. The largest absolute Gasteiger partial charge is 0.454 e. The van der Waals surface area contributed by atoms with Crippen molar-refractivity contribution in [2.45, 2.75) is 40.5 Å². The number of carbonyl (C=O) groups is 1. The highest BCUT2D eigenvalue weighted by Gasteiger charge is 2.18. The number of rotatable bonds is 4. The minimum atomic E-state index is -0.362. The number of hydrogen-bond donors (Lipinski definition) is 1. The molecule has 0 aliphatic carbocycles. The maximum Gasteiger partial charge on any atom is 0.308 e. The van der Waals surface area contributed by atoms with E-state index in [-0.39, 0.29) is 11.9 Å². The van der Waals surface area contributed by atoms with Crippen LogP contribution in [0.25, 0.3) is 0 Å².